The molecule has 1 atom stereocenters. The van der Waals surface area contributed by atoms with Gasteiger partial charge in [0, 0.05) is 16.5 Å². The Kier molecular flexibility index (Phi) is 6.69. The van der Waals surface area contributed by atoms with Gasteiger partial charge >= 0.3 is 0 Å². The van der Waals surface area contributed by atoms with E-state index in [1.54, 1.807) is 18.9 Å². The van der Waals surface area contributed by atoms with Crippen molar-refractivity contribution < 1.29 is 9.84 Å². The number of ether oxygens (including phenoxy) is 1. The van der Waals surface area contributed by atoms with E-state index in [0.717, 1.165) is 22.8 Å². The SMILES string of the molecule is COc1ccccc1SCCC(C)(CO)NC(C)C. The highest BCUT2D eigenvalue weighted by Crippen LogP contribution is 2.30. The lowest BCUT2D eigenvalue weighted by Gasteiger charge is -2.31. The second-order valence-electron chi connectivity index (χ2n) is 5.27. The van der Waals surface area contributed by atoms with Crippen molar-refractivity contribution in [3.05, 3.63) is 24.3 Å². The molecule has 0 saturated heterocycles. The van der Waals surface area contributed by atoms with Crippen LogP contribution < -0.4 is 10.1 Å². The molecule has 1 rings (SSSR count). The summed E-state index contributed by atoms with van der Waals surface area (Å²) in [5, 5.41) is 13.0. The average Bonchev–Trinajstić information content (AvgIpc) is 2.38. The number of aliphatic hydroxyl groups is 1. The van der Waals surface area contributed by atoms with Crippen LogP contribution in [-0.4, -0.2) is 36.2 Å². The zero-order chi connectivity index (χ0) is 14.3. The highest BCUT2D eigenvalue weighted by Gasteiger charge is 2.23. The second-order valence-corrected chi connectivity index (χ2v) is 6.40. The van der Waals surface area contributed by atoms with Crippen LogP contribution in [-0.2, 0) is 0 Å². The van der Waals surface area contributed by atoms with E-state index in [1.165, 1.54) is 0 Å². The van der Waals surface area contributed by atoms with Crippen molar-refractivity contribution in [1.82, 2.24) is 5.32 Å². The normalized spacial score (nSPS) is 14.4. The molecular weight excluding hydrogens is 258 g/mol. The largest absolute Gasteiger partial charge is 0.496 e. The number of rotatable bonds is 8. The lowest BCUT2D eigenvalue weighted by molar-refractivity contribution is 0.162. The minimum atomic E-state index is -0.219. The topological polar surface area (TPSA) is 41.5 Å². The Morgan fingerprint density at radius 3 is 2.63 bits per heavy atom. The van der Waals surface area contributed by atoms with Crippen LogP contribution in [0.4, 0.5) is 0 Å². The van der Waals surface area contributed by atoms with Crippen molar-refractivity contribution in [3.63, 3.8) is 0 Å². The van der Waals surface area contributed by atoms with Crippen LogP contribution in [0.2, 0.25) is 0 Å². The third-order valence-electron chi connectivity index (χ3n) is 2.97. The molecule has 19 heavy (non-hydrogen) atoms. The molecule has 1 aromatic carbocycles. The lowest BCUT2D eigenvalue weighted by atomic mass is 9.99. The number of methoxy groups -OCH3 is 1. The lowest BCUT2D eigenvalue weighted by Crippen LogP contribution is -2.49. The Hall–Kier alpha value is -0.710. The standard InChI is InChI=1S/C15H25NO2S/c1-12(2)16-15(3,11-17)9-10-19-14-8-6-5-7-13(14)18-4/h5-8,12,16-17H,9-11H2,1-4H3. The molecule has 0 radical (unpaired) electrons. The molecule has 1 aromatic rings. The predicted octanol–water partition coefficient (Wildman–Crippen LogP) is 2.93. The molecule has 0 fully saturated rings. The van der Waals surface area contributed by atoms with E-state index >= 15 is 0 Å². The molecule has 0 saturated carbocycles. The van der Waals surface area contributed by atoms with Crippen molar-refractivity contribution in [3.8, 4) is 5.75 Å². The van der Waals surface area contributed by atoms with Gasteiger partial charge in [-0.3, -0.25) is 0 Å². The Labute approximate surface area is 120 Å². The quantitative estimate of drug-likeness (QED) is 0.720. The van der Waals surface area contributed by atoms with Gasteiger partial charge < -0.3 is 15.2 Å². The van der Waals surface area contributed by atoms with Crippen LogP contribution in [0.15, 0.2) is 29.2 Å². The van der Waals surface area contributed by atoms with Gasteiger partial charge in [-0.25, -0.2) is 0 Å². The summed E-state index contributed by atoms with van der Waals surface area (Å²) >= 11 is 1.76. The van der Waals surface area contributed by atoms with Crippen molar-refractivity contribution >= 4 is 11.8 Å². The molecule has 4 heteroatoms. The fourth-order valence-electron chi connectivity index (χ4n) is 2.02. The first-order valence-electron chi connectivity index (χ1n) is 6.65. The van der Waals surface area contributed by atoms with Gasteiger partial charge in [0.2, 0.25) is 0 Å². The summed E-state index contributed by atoms with van der Waals surface area (Å²) in [6.45, 7) is 6.41. The molecule has 0 heterocycles. The van der Waals surface area contributed by atoms with Crippen LogP contribution in [0.1, 0.15) is 27.2 Å². The van der Waals surface area contributed by atoms with Gasteiger partial charge in [-0.05, 0) is 31.2 Å². The van der Waals surface area contributed by atoms with Crippen molar-refractivity contribution in [1.29, 1.82) is 0 Å². The van der Waals surface area contributed by atoms with Crippen molar-refractivity contribution in [2.24, 2.45) is 0 Å². The minimum Gasteiger partial charge on any atom is -0.496 e. The zero-order valence-electron chi connectivity index (χ0n) is 12.3. The summed E-state index contributed by atoms with van der Waals surface area (Å²) < 4.78 is 5.33. The van der Waals surface area contributed by atoms with Crippen LogP contribution >= 0.6 is 11.8 Å². The zero-order valence-corrected chi connectivity index (χ0v) is 13.1. The van der Waals surface area contributed by atoms with Gasteiger partial charge in [0.15, 0.2) is 0 Å². The van der Waals surface area contributed by atoms with Gasteiger partial charge in [-0.1, -0.05) is 26.0 Å². The van der Waals surface area contributed by atoms with E-state index in [0.29, 0.717) is 6.04 Å². The molecular formula is C15H25NO2S. The number of hydrogen-bond donors (Lipinski definition) is 2. The summed E-state index contributed by atoms with van der Waals surface area (Å²) in [7, 11) is 1.69. The van der Waals surface area contributed by atoms with E-state index in [4.69, 9.17) is 4.74 Å². The molecule has 0 aliphatic rings. The summed E-state index contributed by atoms with van der Waals surface area (Å²) in [5.41, 5.74) is -0.219. The molecule has 0 aromatic heterocycles. The third-order valence-corrected chi connectivity index (χ3v) is 4.02. The highest BCUT2D eigenvalue weighted by molar-refractivity contribution is 7.99. The number of thioether (sulfide) groups is 1. The van der Waals surface area contributed by atoms with Crippen LogP contribution in [0.3, 0.4) is 0 Å². The molecule has 3 nitrogen and oxygen atoms in total. The number of aliphatic hydroxyl groups excluding tert-OH is 1. The highest BCUT2D eigenvalue weighted by atomic mass is 32.2. The molecule has 0 amide bonds. The molecule has 0 aliphatic carbocycles. The maximum absolute atomic E-state index is 9.54. The first-order valence-corrected chi connectivity index (χ1v) is 7.63. The van der Waals surface area contributed by atoms with E-state index < -0.39 is 0 Å². The van der Waals surface area contributed by atoms with E-state index in [1.807, 2.05) is 18.2 Å². The Morgan fingerprint density at radius 1 is 1.37 bits per heavy atom. The summed E-state index contributed by atoms with van der Waals surface area (Å²) in [6.07, 6.45) is 0.907. The molecule has 0 aliphatic heterocycles. The van der Waals surface area contributed by atoms with E-state index in [-0.39, 0.29) is 12.1 Å². The smallest absolute Gasteiger partial charge is 0.132 e. The molecule has 0 bridgehead atoms. The summed E-state index contributed by atoms with van der Waals surface area (Å²) in [5.74, 6) is 1.85. The molecule has 2 N–H and O–H groups in total. The van der Waals surface area contributed by atoms with E-state index in [9.17, 15) is 5.11 Å². The van der Waals surface area contributed by atoms with Gasteiger partial charge in [0.25, 0.3) is 0 Å². The molecule has 0 spiro atoms. The van der Waals surface area contributed by atoms with E-state index in [2.05, 4.69) is 32.2 Å². The number of benzene rings is 1. The monoisotopic (exact) mass is 283 g/mol. The van der Waals surface area contributed by atoms with Crippen molar-refractivity contribution in [2.45, 2.75) is 43.7 Å². The van der Waals surface area contributed by atoms with Crippen LogP contribution in [0.5, 0.6) is 5.75 Å². The maximum atomic E-state index is 9.54. The first kappa shape index (κ1) is 16.3. The second kappa shape index (κ2) is 7.78. The van der Waals surface area contributed by atoms with Crippen LogP contribution in [0.25, 0.3) is 0 Å². The Bertz CT molecular complexity index is 384. The molecule has 108 valence electrons. The van der Waals surface area contributed by atoms with Crippen molar-refractivity contribution in [2.75, 3.05) is 19.5 Å². The molecule has 1 unspecified atom stereocenters. The Morgan fingerprint density at radius 2 is 2.05 bits per heavy atom. The van der Waals surface area contributed by atoms with Crippen LogP contribution in [0, 0.1) is 0 Å². The fraction of sp³-hybridized carbons (Fsp3) is 0.600. The number of para-hydroxylation sites is 1. The third kappa shape index (κ3) is 5.43. The average molecular weight is 283 g/mol. The minimum absolute atomic E-state index is 0.150. The summed E-state index contributed by atoms with van der Waals surface area (Å²) in [6, 6.07) is 8.40. The number of hydrogen-bond acceptors (Lipinski definition) is 4. The summed E-state index contributed by atoms with van der Waals surface area (Å²) in [4.78, 5) is 1.15. The fourth-order valence-corrected chi connectivity index (χ4v) is 3.26. The van der Waals surface area contributed by atoms with Gasteiger partial charge in [-0.15, -0.1) is 11.8 Å². The van der Waals surface area contributed by atoms with Gasteiger partial charge in [0.1, 0.15) is 5.75 Å². The van der Waals surface area contributed by atoms with Gasteiger partial charge in [0.05, 0.1) is 13.7 Å². The maximum Gasteiger partial charge on any atom is 0.132 e. The van der Waals surface area contributed by atoms with Gasteiger partial charge in [-0.2, -0.15) is 0 Å². The number of nitrogens with one attached hydrogen (secondary N) is 1. The first-order chi connectivity index (χ1) is 9.00. The Balaban J connectivity index is 2.52. The predicted molar refractivity (Wildman–Crippen MR) is 82.1 cm³/mol.